The van der Waals surface area contributed by atoms with E-state index in [4.69, 9.17) is 10.8 Å². The van der Waals surface area contributed by atoms with Crippen LogP contribution in [0.25, 0.3) is 11.0 Å². The van der Waals surface area contributed by atoms with E-state index in [2.05, 4.69) is 13.8 Å². The second-order valence-corrected chi connectivity index (χ2v) is 6.07. The highest BCUT2D eigenvalue weighted by atomic mass is 16.4. The van der Waals surface area contributed by atoms with Crippen molar-refractivity contribution in [2.75, 3.05) is 0 Å². The van der Waals surface area contributed by atoms with E-state index < -0.39 is 17.9 Å². The number of benzene rings is 1. The molecule has 3 N–H and O–H groups in total. The highest BCUT2D eigenvalue weighted by molar-refractivity contribution is 5.93. The predicted molar refractivity (Wildman–Crippen MR) is 86.5 cm³/mol. The second-order valence-electron chi connectivity index (χ2n) is 6.07. The van der Waals surface area contributed by atoms with E-state index in [9.17, 15) is 14.4 Å². The molecule has 7 nitrogen and oxygen atoms in total. The van der Waals surface area contributed by atoms with Crippen LogP contribution in [-0.4, -0.2) is 26.1 Å². The summed E-state index contributed by atoms with van der Waals surface area (Å²) in [6.07, 6.45) is 0.796. The number of hydrogen-bond donors (Lipinski definition) is 2. The summed E-state index contributed by atoms with van der Waals surface area (Å²) in [6.45, 7) is 6.14. The predicted octanol–water partition coefficient (Wildman–Crippen LogP) is 1.59. The van der Waals surface area contributed by atoms with Gasteiger partial charge >= 0.3 is 11.7 Å². The molecule has 0 unspecified atom stereocenters. The van der Waals surface area contributed by atoms with Crippen molar-refractivity contribution in [2.45, 2.75) is 39.8 Å². The maximum absolute atomic E-state index is 12.7. The van der Waals surface area contributed by atoms with Crippen LogP contribution in [0.3, 0.4) is 0 Å². The van der Waals surface area contributed by atoms with E-state index in [1.165, 1.54) is 23.6 Å². The van der Waals surface area contributed by atoms with Gasteiger partial charge in [-0.2, -0.15) is 0 Å². The molecule has 2 rings (SSSR count). The number of nitrogens with zero attached hydrogens (tertiary/aromatic N) is 2. The molecule has 0 aliphatic carbocycles. The summed E-state index contributed by atoms with van der Waals surface area (Å²) < 4.78 is 2.84. The zero-order valence-electron chi connectivity index (χ0n) is 13.4. The number of carbonyl (C=O) groups excluding carboxylic acids is 1. The lowest BCUT2D eigenvalue weighted by molar-refractivity contribution is -0.120. The van der Waals surface area contributed by atoms with Gasteiger partial charge in [0.05, 0.1) is 16.6 Å². The maximum Gasteiger partial charge on any atom is 0.335 e. The number of nitrogens with two attached hydrogens (primary N) is 1. The number of aromatic nitrogens is 2. The SMILES string of the molecule is CC(C)CCn1c(=O)n([C@H](C)C(N)=O)c2cc(C(=O)O)ccc21. The molecule has 7 heteroatoms. The first kappa shape index (κ1) is 16.8. The van der Waals surface area contributed by atoms with Crippen LogP contribution in [0.15, 0.2) is 23.0 Å². The number of carboxylic acid groups (broad SMARTS) is 1. The molecule has 1 atom stereocenters. The molecule has 0 fully saturated rings. The molecule has 0 aliphatic rings. The van der Waals surface area contributed by atoms with Crippen LogP contribution in [-0.2, 0) is 11.3 Å². The number of carboxylic acids is 1. The Morgan fingerprint density at radius 3 is 2.39 bits per heavy atom. The normalized spacial score (nSPS) is 12.7. The molecule has 2 aromatic rings. The molecule has 1 aromatic carbocycles. The minimum Gasteiger partial charge on any atom is -0.478 e. The zero-order chi connectivity index (χ0) is 17.3. The summed E-state index contributed by atoms with van der Waals surface area (Å²) >= 11 is 0. The third-order valence-electron chi connectivity index (χ3n) is 3.94. The second kappa shape index (κ2) is 6.28. The molecule has 0 saturated heterocycles. The molecule has 0 radical (unpaired) electrons. The number of aryl methyl sites for hydroxylation is 1. The van der Waals surface area contributed by atoms with Gasteiger partial charge in [-0.3, -0.25) is 13.9 Å². The number of imidazole rings is 1. The molecular weight excluding hydrogens is 298 g/mol. The van der Waals surface area contributed by atoms with E-state index in [1.54, 1.807) is 10.6 Å². The van der Waals surface area contributed by atoms with Crippen LogP contribution in [0.1, 0.15) is 43.6 Å². The van der Waals surface area contributed by atoms with E-state index in [0.29, 0.717) is 23.5 Å². The van der Waals surface area contributed by atoms with Crippen LogP contribution in [0.4, 0.5) is 0 Å². The molecule has 1 amide bonds. The molecule has 0 aliphatic heterocycles. The van der Waals surface area contributed by atoms with Gasteiger partial charge < -0.3 is 10.8 Å². The summed E-state index contributed by atoms with van der Waals surface area (Å²) in [5, 5.41) is 9.15. The summed E-state index contributed by atoms with van der Waals surface area (Å²) in [7, 11) is 0. The van der Waals surface area contributed by atoms with Gasteiger partial charge in [-0.1, -0.05) is 13.8 Å². The fourth-order valence-electron chi connectivity index (χ4n) is 2.52. The largest absolute Gasteiger partial charge is 0.478 e. The van der Waals surface area contributed by atoms with Crippen LogP contribution < -0.4 is 11.4 Å². The average Bonchev–Trinajstić information content (AvgIpc) is 2.74. The molecule has 0 saturated carbocycles. The molecule has 1 aromatic heterocycles. The van der Waals surface area contributed by atoms with Gasteiger partial charge in [0.1, 0.15) is 6.04 Å². The van der Waals surface area contributed by atoms with Crippen molar-refractivity contribution >= 4 is 22.9 Å². The third-order valence-corrected chi connectivity index (χ3v) is 3.94. The molecule has 1 heterocycles. The number of aromatic carboxylic acids is 1. The zero-order valence-corrected chi connectivity index (χ0v) is 13.4. The van der Waals surface area contributed by atoms with E-state index in [-0.39, 0.29) is 11.3 Å². The first-order chi connectivity index (χ1) is 10.7. The Morgan fingerprint density at radius 1 is 1.22 bits per heavy atom. The highest BCUT2D eigenvalue weighted by Gasteiger charge is 2.22. The van der Waals surface area contributed by atoms with Gasteiger partial charge in [-0.15, -0.1) is 0 Å². The molecular formula is C16H21N3O4. The van der Waals surface area contributed by atoms with Crippen molar-refractivity contribution in [1.29, 1.82) is 0 Å². The number of amides is 1. The van der Waals surface area contributed by atoms with Crippen molar-refractivity contribution < 1.29 is 14.7 Å². The van der Waals surface area contributed by atoms with Gasteiger partial charge in [-0.25, -0.2) is 9.59 Å². The number of rotatable bonds is 6. The fraction of sp³-hybridized carbons (Fsp3) is 0.438. The van der Waals surface area contributed by atoms with Gasteiger partial charge in [0.25, 0.3) is 0 Å². The monoisotopic (exact) mass is 319 g/mol. The first-order valence-corrected chi connectivity index (χ1v) is 7.51. The van der Waals surface area contributed by atoms with Crippen LogP contribution in [0, 0.1) is 5.92 Å². The quantitative estimate of drug-likeness (QED) is 0.843. The molecule has 23 heavy (non-hydrogen) atoms. The summed E-state index contributed by atoms with van der Waals surface area (Å²) in [4.78, 5) is 35.4. The van der Waals surface area contributed by atoms with Gasteiger partial charge in [0, 0.05) is 6.54 Å². The Hall–Kier alpha value is -2.57. The summed E-state index contributed by atoms with van der Waals surface area (Å²) in [5.41, 5.74) is 6.05. The average molecular weight is 319 g/mol. The minimum atomic E-state index is -1.09. The lowest BCUT2D eigenvalue weighted by atomic mass is 10.1. The van der Waals surface area contributed by atoms with Crippen molar-refractivity contribution in [3.8, 4) is 0 Å². The fourth-order valence-corrected chi connectivity index (χ4v) is 2.52. The maximum atomic E-state index is 12.7. The number of carbonyl (C=O) groups is 2. The van der Waals surface area contributed by atoms with Crippen molar-refractivity contribution in [3.63, 3.8) is 0 Å². The Kier molecular flexibility index (Phi) is 4.58. The van der Waals surface area contributed by atoms with Gasteiger partial charge in [0.15, 0.2) is 0 Å². The molecule has 0 bridgehead atoms. The van der Waals surface area contributed by atoms with Gasteiger partial charge in [-0.05, 0) is 37.5 Å². The lowest BCUT2D eigenvalue weighted by Gasteiger charge is -2.09. The van der Waals surface area contributed by atoms with Crippen molar-refractivity contribution in [3.05, 3.63) is 34.2 Å². The van der Waals surface area contributed by atoms with Crippen molar-refractivity contribution in [2.24, 2.45) is 11.7 Å². The lowest BCUT2D eigenvalue weighted by Crippen LogP contribution is -2.33. The van der Waals surface area contributed by atoms with Crippen LogP contribution in [0.5, 0.6) is 0 Å². The Labute approximate surface area is 133 Å². The van der Waals surface area contributed by atoms with Crippen molar-refractivity contribution in [1.82, 2.24) is 9.13 Å². The summed E-state index contributed by atoms with van der Waals surface area (Å²) in [6, 6.07) is 3.61. The number of hydrogen-bond acceptors (Lipinski definition) is 3. The first-order valence-electron chi connectivity index (χ1n) is 7.51. The standard InChI is InChI=1S/C16H21N3O4/c1-9(2)6-7-18-12-5-4-11(15(21)22)8-13(12)19(16(18)23)10(3)14(17)20/h4-5,8-10H,6-7H2,1-3H3,(H2,17,20)(H,21,22)/t10-/m1/s1. The summed E-state index contributed by atoms with van der Waals surface area (Å²) in [5.74, 6) is -1.32. The Balaban J connectivity index is 2.72. The molecule has 0 spiro atoms. The van der Waals surface area contributed by atoms with E-state index in [1.807, 2.05) is 0 Å². The minimum absolute atomic E-state index is 0.0592. The van der Waals surface area contributed by atoms with E-state index in [0.717, 1.165) is 6.42 Å². The smallest absolute Gasteiger partial charge is 0.335 e. The Morgan fingerprint density at radius 2 is 1.87 bits per heavy atom. The van der Waals surface area contributed by atoms with E-state index >= 15 is 0 Å². The number of fused-ring (bicyclic) bond motifs is 1. The highest BCUT2D eigenvalue weighted by Crippen LogP contribution is 2.20. The van der Waals surface area contributed by atoms with Gasteiger partial charge in [0.2, 0.25) is 5.91 Å². The topological polar surface area (TPSA) is 107 Å². The van der Waals surface area contributed by atoms with Crippen LogP contribution >= 0.6 is 0 Å². The third kappa shape index (κ3) is 3.13. The Bertz CT molecular complexity index is 817. The van der Waals surface area contributed by atoms with Crippen LogP contribution in [0.2, 0.25) is 0 Å². The number of primary amides is 1. The molecule has 124 valence electrons.